The molecule has 0 heterocycles. The maximum Gasteiger partial charge on any atom is 0.193 e. The number of hydrogen-bond acceptors (Lipinski definition) is 2. The Morgan fingerprint density at radius 3 is 2.39 bits per heavy atom. The van der Waals surface area contributed by atoms with Crippen molar-refractivity contribution in [1.82, 2.24) is 0 Å². The van der Waals surface area contributed by atoms with E-state index in [1.807, 2.05) is 38.1 Å². The van der Waals surface area contributed by atoms with E-state index in [0.29, 0.717) is 19.1 Å². The number of hydrogen-bond donors (Lipinski definition) is 2. The molecule has 4 heteroatoms. The van der Waals surface area contributed by atoms with E-state index in [1.165, 1.54) is 16.7 Å². The number of nitrogens with zero attached hydrogens (tertiary/aromatic N) is 1. The summed E-state index contributed by atoms with van der Waals surface area (Å²) in [6, 6.07) is 12.3. The van der Waals surface area contributed by atoms with Gasteiger partial charge in [0.05, 0.1) is 13.2 Å². The number of guanidine groups is 1. The maximum atomic E-state index is 6.01. The zero-order valence-corrected chi connectivity index (χ0v) is 14.3. The van der Waals surface area contributed by atoms with Crippen molar-refractivity contribution in [2.75, 3.05) is 11.9 Å². The van der Waals surface area contributed by atoms with E-state index in [-0.39, 0.29) is 0 Å². The number of anilines is 1. The molecule has 0 aliphatic heterocycles. The fourth-order valence-corrected chi connectivity index (χ4v) is 2.49. The molecule has 0 amide bonds. The summed E-state index contributed by atoms with van der Waals surface area (Å²) in [5.41, 5.74) is 11.5. The van der Waals surface area contributed by atoms with Crippen molar-refractivity contribution in [1.29, 1.82) is 0 Å². The molecular weight excluding hydrogens is 286 g/mol. The fourth-order valence-electron chi connectivity index (χ4n) is 2.49. The average molecular weight is 311 g/mol. The summed E-state index contributed by atoms with van der Waals surface area (Å²) in [6.45, 7) is 9.27. The number of nitrogens with one attached hydrogen (secondary N) is 1. The minimum absolute atomic E-state index is 0.401. The smallest absolute Gasteiger partial charge is 0.193 e. The third kappa shape index (κ3) is 5.02. The molecule has 2 aromatic carbocycles. The number of aryl methyl sites for hydroxylation is 3. The van der Waals surface area contributed by atoms with Gasteiger partial charge in [-0.05, 0) is 62.6 Å². The van der Waals surface area contributed by atoms with Gasteiger partial charge in [-0.3, -0.25) is 0 Å². The van der Waals surface area contributed by atoms with Gasteiger partial charge in [0.2, 0.25) is 0 Å². The maximum absolute atomic E-state index is 6.01. The van der Waals surface area contributed by atoms with Crippen molar-refractivity contribution in [2.24, 2.45) is 10.7 Å². The molecule has 0 aromatic heterocycles. The Bertz CT molecular complexity index is 688. The number of benzene rings is 2. The van der Waals surface area contributed by atoms with Crippen LogP contribution in [0, 0.1) is 20.8 Å². The Morgan fingerprint density at radius 2 is 1.74 bits per heavy atom. The van der Waals surface area contributed by atoms with Gasteiger partial charge in [0.25, 0.3) is 0 Å². The molecule has 0 unspecified atom stereocenters. The lowest BCUT2D eigenvalue weighted by Gasteiger charge is -2.11. The van der Waals surface area contributed by atoms with Crippen LogP contribution in [0.15, 0.2) is 41.4 Å². The fraction of sp³-hybridized carbons (Fsp3) is 0.316. The van der Waals surface area contributed by atoms with E-state index >= 15 is 0 Å². The van der Waals surface area contributed by atoms with Gasteiger partial charge in [-0.15, -0.1) is 0 Å². The summed E-state index contributed by atoms with van der Waals surface area (Å²) < 4.78 is 5.67. The number of rotatable bonds is 5. The summed E-state index contributed by atoms with van der Waals surface area (Å²) in [5, 5.41) is 3.14. The van der Waals surface area contributed by atoms with Crippen LogP contribution in [0.2, 0.25) is 0 Å². The Hall–Kier alpha value is -2.49. The highest BCUT2D eigenvalue weighted by Gasteiger charge is 2.04. The van der Waals surface area contributed by atoms with Crippen molar-refractivity contribution in [2.45, 2.75) is 34.2 Å². The zero-order valence-electron chi connectivity index (χ0n) is 14.3. The summed E-state index contributed by atoms with van der Waals surface area (Å²) in [7, 11) is 0. The monoisotopic (exact) mass is 311 g/mol. The first-order chi connectivity index (χ1) is 11.0. The lowest BCUT2D eigenvalue weighted by molar-refractivity contribution is 0.336. The lowest BCUT2D eigenvalue weighted by atomic mass is 10.1. The van der Waals surface area contributed by atoms with Gasteiger partial charge in [-0.1, -0.05) is 18.2 Å². The largest absolute Gasteiger partial charge is 0.494 e. The lowest BCUT2D eigenvalue weighted by Crippen LogP contribution is -2.22. The van der Waals surface area contributed by atoms with Crippen molar-refractivity contribution in [3.63, 3.8) is 0 Å². The molecule has 2 aromatic rings. The van der Waals surface area contributed by atoms with E-state index in [9.17, 15) is 0 Å². The highest BCUT2D eigenvalue weighted by Crippen LogP contribution is 2.21. The minimum Gasteiger partial charge on any atom is -0.494 e. The van der Waals surface area contributed by atoms with Crippen LogP contribution in [-0.2, 0) is 6.54 Å². The highest BCUT2D eigenvalue weighted by molar-refractivity contribution is 5.92. The summed E-state index contributed by atoms with van der Waals surface area (Å²) >= 11 is 0. The van der Waals surface area contributed by atoms with Crippen molar-refractivity contribution in [3.05, 3.63) is 58.7 Å². The third-order valence-corrected chi connectivity index (χ3v) is 3.44. The predicted molar refractivity (Wildman–Crippen MR) is 97.2 cm³/mol. The Kier molecular flexibility index (Phi) is 5.63. The van der Waals surface area contributed by atoms with E-state index in [0.717, 1.165) is 17.0 Å². The summed E-state index contributed by atoms with van der Waals surface area (Å²) in [4.78, 5) is 4.42. The van der Waals surface area contributed by atoms with Gasteiger partial charge < -0.3 is 15.8 Å². The normalized spacial score (nSPS) is 11.4. The van der Waals surface area contributed by atoms with Crippen LogP contribution in [0.25, 0.3) is 0 Å². The molecule has 0 fully saturated rings. The first kappa shape index (κ1) is 16.9. The third-order valence-electron chi connectivity index (χ3n) is 3.44. The van der Waals surface area contributed by atoms with Crippen LogP contribution in [0.1, 0.15) is 29.2 Å². The number of aliphatic imine (C=N–C) groups is 1. The van der Waals surface area contributed by atoms with Gasteiger partial charge >= 0.3 is 0 Å². The van der Waals surface area contributed by atoms with Crippen molar-refractivity contribution < 1.29 is 4.74 Å². The highest BCUT2D eigenvalue weighted by atomic mass is 16.5. The van der Waals surface area contributed by atoms with E-state index in [4.69, 9.17) is 10.5 Å². The first-order valence-electron chi connectivity index (χ1n) is 7.85. The Balaban J connectivity index is 2.10. The van der Waals surface area contributed by atoms with Gasteiger partial charge in [-0.25, -0.2) is 4.99 Å². The van der Waals surface area contributed by atoms with E-state index < -0.39 is 0 Å². The van der Waals surface area contributed by atoms with Crippen LogP contribution >= 0.6 is 0 Å². The van der Waals surface area contributed by atoms with Crippen molar-refractivity contribution in [3.8, 4) is 5.75 Å². The molecule has 122 valence electrons. The molecule has 23 heavy (non-hydrogen) atoms. The van der Waals surface area contributed by atoms with Crippen molar-refractivity contribution >= 4 is 11.6 Å². The molecule has 0 aliphatic carbocycles. The van der Waals surface area contributed by atoms with Crippen LogP contribution in [-0.4, -0.2) is 12.6 Å². The summed E-state index contributed by atoms with van der Waals surface area (Å²) in [5.74, 6) is 1.27. The molecule has 0 saturated heterocycles. The minimum atomic E-state index is 0.401. The SMILES string of the molecule is CCOc1cc(C)ccc1CN=C(N)Nc1cc(C)cc(C)c1. The van der Waals surface area contributed by atoms with Crippen LogP contribution in [0.3, 0.4) is 0 Å². The second kappa shape index (κ2) is 7.68. The number of nitrogens with two attached hydrogens (primary N) is 1. The molecular formula is C19H25N3O. The van der Waals surface area contributed by atoms with Gasteiger partial charge in [0.1, 0.15) is 5.75 Å². The quantitative estimate of drug-likeness (QED) is 0.649. The van der Waals surface area contributed by atoms with Gasteiger partial charge in [-0.2, -0.15) is 0 Å². The van der Waals surface area contributed by atoms with Gasteiger partial charge in [0.15, 0.2) is 5.96 Å². The molecule has 0 atom stereocenters. The zero-order chi connectivity index (χ0) is 16.8. The number of ether oxygens (including phenoxy) is 1. The van der Waals surface area contributed by atoms with E-state index in [1.54, 1.807) is 0 Å². The van der Waals surface area contributed by atoms with Crippen LogP contribution in [0.5, 0.6) is 5.75 Å². The summed E-state index contributed by atoms with van der Waals surface area (Å²) in [6.07, 6.45) is 0. The molecule has 4 nitrogen and oxygen atoms in total. The predicted octanol–water partition coefficient (Wildman–Crippen LogP) is 3.94. The molecule has 0 saturated carbocycles. The van der Waals surface area contributed by atoms with Gasteiger partial charge in [0, 0.05) is 11.3 Å². The van der Waals surface area contributed by atoms with Crippen LogP contribution in [0.4, 0.5) is 5.69 Å². The Labute approximate surface area is 138 Å². The molecule has 0 aliphatic rings. The van der Waals surface area contributed by atoms with E-state index in [2.05, 4.69) is 36.3 Å². The standard InChI is InChI=1S/C19H25N3O/c1-5-23-18-11-13(2)6-7-16(18)12-21-19(20)22-17-9-14(3)8-15(4)10-17/h6-11H,5,12H2,1-4H3,(H3,20,21,22). The molecule has 3 N–H and O–H groups in total. The molecule has 2 rings (SSSR count). The molecule has 0 spiro atoms. The topological polar surface area (TPSA) is 59.6 Å². The molecule has 0 bridgehead atoms. The van der Waals surface area contributed by atoms with Crippen LogP contribution < -0.4 is 15.8 Å². The second-order valence-electron chi connectivity index (χ2n) is 5.75. The average Bonchev–Trinajstić information content (AvgIpc) is 2.45. The molecule has 0 radical (unpaired) electrons. The first-order valence-corrected chi connectivity index (χ1v) is 7.85. The second-order valence-corrected chi connectivity index (χ2v) is 5.75. The Morgan fingerprint density at radius 1 is 1.04 bits per heavy atom.